The Kier molecular flexibility index (Phi) is 9.09. The lowest BCUT2D eigenvalue weighted by Gasteiger charge is -2.24. The number of benzene rings is 1. The third kappa shape index (κ3) is 6.83. The number of hydrogen-bond donors (Lipinski definition) is 4. The van der Waals surface area contributed by atoms with E-state index in [1.807, 2.05) is 13.8 Å². The smallest absolute Gasteiger partial charge is 0.328 e. The zero-order valence-electron chi connectivity index (χ0n) is 19.4. The molecule has 0 aliphatic rings. The fourth-order valence-electron chi connectivity index (χ4n) is 2.66. The molecule has 1 aromatic carbocycles. The Bertz CT molecular complexity index is 968. The number of nitrogens with zero attached hydrogens (tertiary/aromatic N) is 2. The molecule has 1 atom stereocenters. The van der Waals surface area contributed by atoms with Gasteiger partial charge in [0.15, 0.2) is 11.6 Å². The first-order valence-corrected chi connectivity index (χ1v) is 10.7. The lowest BCUT2D eigenvalue weighted by Crippen LogP contribution is -2.36. The Hall–Kier alpha value is -2.82. The summed E-state index contributed by atoms with van der Waals surface area (Å²) in [4.78, 5) is 20.5. The number of rotatable bonds is 11. The van der Waals surface area contributed by atoms with E-state index in [9.17, 15) is 15.0 Å². The molecule has 0 aliphatic carbocycles. The van der Waals surface area contributed by atoms with Crippen LogP contribution in [0.1, 0.15) is 39.2 Å². The van der Waals surface area contributed by atoms with Crippen LogP contribution in [0.4, 0.5) is 11.8 Å². The van der Waals surface area contributed by atoms with Crippen LogP contribution in [0.15, 0.2) is 18.3 Å². The molecule has 0 radical (unpaired) electrons. The summed E-state index contributed by atoms with van der Waals surface area (Å²) in [7, 11) is 1.54. The minimum atomic E-state index is -0.922. The van der Waals surface area contributed by atoms with E-state index in [2.05, 4.69) is 15.3 Å². The molecule has 0 bridgehead atoms. The number of hydrogen-bond acceptors (Lipinski definition) is 10. The van der Waals surface area contributed by atoms with E-state index in [1.165, 1.54) is 13.3 Å². The molecule has 2 rings (SSSR count). The molecule has 33 heavy (non-hydrogen) atoms. The highest BCUT2D eigenvalue weighted by Crippen LogP contribution is 2.39. The Morgan fingerprint density at radius 2 is 1.88 bits per heavy atom. The van der Waals surface area contributed by atoms with E-state index in [0.717, 1.165) is 5.56 Å². The molecule has 0 amide bonds. The molecule has 1 aromatic heterocycles. The second-order valence-corrected chi connectivity index (χ2v) is 8.73. The fraction of sp³-hybridized carbons (Fsp3) is 0.500. The number of aliphatic hydroxyl groups excluding tert-OH is 2. The minimum Gasteiger partial charge on any atom is -0.495 e. The molecule has 0 unspecified atom stereocenters. The van der Waals surface area contributed by atoms with Crippen molar-refractivity contribution in [1.29, 1.82) is 0 Å². The third-order valence-electron chi connectivity index (χ3n) is 4.93. The van der Waals surface area contributed by atoms with E-state index < -0.39 is 17.4 Å². The van der Waals surface area contributed by atoms with Crippen molar-refractivity contribution in [2.45, 2.75) is 39.7 Å². The number of carbonyl (C=O) groups excluding carboxylic acids is 1. The quantitative estimate of drug-likeness (QED) is 0.352. The number of carbonyl (C=O) groups is 1. The summed E-state index contributed by atoms with van der Waals surface area (Å²) in [5, 5.41) is 21.8. The molecule has 0 aliphatic heterocycles. The Labute approximate surface area is 198 Å². The lowest BCUT2D eigenvalue weighted by atomic mass is 9.94. The highest BCUT2D eigenvalue weighted by atomic mass is 35.5. The summed E-state index contributed by atoms with van der Waals surface area (Å²) in [5.74, 6) is 0.951. The van der Waals surface area contributed by atoms with E-state index in [1.54, 1.807) is 26.0 Å². The Balaban J connectivity index is 2.11. The monoisotopic (exact) mass is 482 g/mol. The van der Waals surface area contributed by atoms with Crippen LogP contribution in [0.2, 0.25) is 5.02 Å². The van der Waals surface area contributed by atoms with Crippen molar-refractivity contribution in [3.05, 3.63) is 28.9 Å². The summed E-state index contributed by atoms with van der Waals surface area (Å²) in [6, 6.07) is 2.65. The molecule has 0 spiro atoms. The predicted molar refractivity (Wildman–Crippen MR) is 125 cm³/mol. The van der Waals surface area contributed by atoms with Gasteiger partial charge in [0, 0.05) is 17.0 Å². The van der Waals surface area contributed by atoms with Gasteiger partial charge in [-0.3, -0.25) is 0 Å². The van der Waals surface area contributed by atoms with Crippen LogP contribution in [0, 0.1) is 5.41 Å². The van der Waals surface area contributed by atoms with Gasteiger partial charge in [-0.1, -0.05) is 32.4 Å². The topological polar surface area (TPSA) is 149 Å². The SMILES string of the molecule is COc1cc(C(C)C)c(Oc2cnc(N[C@@H](C)C(=O)OCC(C)(CO)CO)nc2N)cc1Cl. The van der Waals surface area contributed by atoms with Crippen molar-refractivity contribution in [1.82, 2.24) is 9.97 Å². The third-order valence-corrected chi connectivity index (χ3v) is 5.23. The first kappa shape index (κ1) is 26.4. The van der Waals surface area contributed by atoms with Crippen LogP contribution < -0.4 is 20.5 Å². The van der Waals surface area contributed by atoms with Gasteiger partial charge in [-0.15, -0.1) is 0 Å². The minimum absolute atomic E-state index is 0.0582. The average molecular weight is 483 g/mol. The van der Waals surface area contributed by atoms with Gasteiger partial charge in [0.2, 0.25) is 5.95 Å². The van der Waals surface area contributed by atoms with Crippen molar-refractivity contribution in [2.75, 3.05) is 38.0 Å². The number of methoxy groups -OCH3 is 1. The van der Waals surface area contributed by atoms with Crippen molar-refractivity contribution in [2.24, 2.45) is 5.41 Å². The number of esters is 1. The van der Waals surface area contributed by atoms with Gasteiger partial charge in [0.1, 0.15) is 24.1 Å². The number of ether oxygens (including phenoxy) is 3. The largest absolute Gasteiger partial charge is 0.495 e. The molecule has 5 N–H and O–H groups in total. The van der Waals surface area contributed by atoms with Crippen molar-refractivity contribution in [3.63, 3.8) is 0 Å². The molecule has 1 heterocycles. The van der Waals surface area contributed by atoms with Gasteiger partial charge >= 0.3 is 5.97 Å². The highest BCUT2D eigenvalue weighted by Gasteiger charge is 2.26. The lowest BCUT2D eigenvalue weighted by molar-refractivity contribution is -0.149. The number of nitrogens with two attached hydrogens (primary N) is 1. The number of nitrogen functional groups attached to an aromatic ring is 1. The zero-order chi connectivity index (χ0) is 24.8. The van der Waals surface area contributed by atoms with Crippen LogP contribution >= 0.6 is 11.6 Å². The van der Waals surface area contributed by atoms with E-state index in [4.69, 9.17) is 31.5 Å². The maximum atomic E-state index is 12.2. The fourth-order valence-corrected chi connectivity index (χ4v) is 2.89. The molecule has 10 nitrogen and oxygen atoms in total. The van der Waals surface area contributed by atoms with E-state index >= 15 is 0 Å². The van der Waals surface area contributed by atoms with Crippen LogP contribution in [0.25, 0.3) is 0 Å². The molecule has 0 saturated carbocycles. The molecule has 11 heteroatoms. The maximum Gasteiger partial charge on any atom is 0.328 e. The number of aliphatic hydroxyl groups is 2. The molecule has 0 saturated heterocycles. The van der Waals surface area contributed by atoms with Crippen molar-refractivity contribution in [3.8, 4) is 17.2 Å². The van der Waals surface area contributed by atoms with Gasteiger partial charge in [-0.05, 0) is 18.9 Å². The van der Waals surface area contributed by atoms with Crippen molar-refractivity contribution >= 4 is 29.3 Å². The maximum absolute atomic E-state index is 12.2. The standard InChI is InChI=1S/C22H31ClN4O6/c1-12(2)14-6-17(31-5)15(23)7-16(14)33-18-8-25-21(27-19(18)24)26-13(3)20(30)32-11-22(4,9-28)10-29/h6-8,12-13,28-29H,9-11H2,1-5H3,(H3,24,25,26,27)/t13-/m0/s1. The average Bonchev–Trinajstić information content (AvgIpc) is 2.78. The molecular weight excluding hydrogens is 452 g/mol. The first-order chi connectivity index (χ1) is 15.5. The Morgan fingerprint density at radius 3 is 2.42 bits per heavy atom. The van der Waals surface area contributed by atoms with Crippen LogP contribution in [0.5, 0.6) is 17.2 Å². The van der Waals surface area contributed by atoms with E-state index in [0.29, 0.717) is 16.5 Å². The van der Waals surface area contributed by atoms with Crippen molar-refractivity contribution < 1.29 is 29.2 Å². The highest BCUT2D eigenvalue weighted by molar-refractivity contribution is 6.32. The van der Waals surface area contributed by atoms with Crippen LogP contribution in [-0.4, -0.2) is 59.1 Å². The van der Waals surface area contributed by atoms with Gasteiger partial charge in [0.25, 0.3) is 0 Å². The van der Waals surface area contributed by atoms with E-state index in [-0.39, 0.29) is 43.3 Å². The normalized spacial score (nSPS) is 12.4. The Morgan fingerprint density at radius 1 is 1.21 bits per heavy atom. The second-order valence-electron chi connectivity index (χ2n) is 8.33. The van der Waals surface area contributed by atoms with Crippen LogP contribution in [0.3, 0.4) is 0 Å². The first-order valence-electron chi connectivity index (χ1n) is 10.4. The molecular formula is C22H31ClN4O6. The number of halogens is 1. The van der Waals surface area contributed by atoms with Gasteiger partial charge in [-0.2, -0.15) is 4.98 Å². The van der Waals surface area contributed by atoms with Gasteiger partial charge in [-0.25, -0.2) is 9.78 Å². The number of anilines is 2. The van der Waals surface area contributed by atoms with Gasteiger partial charge in [0.05, 0.1) is 31.5 Å². The van der Waals surface area contributed by atoms with Crippen LogP contribution in [-0.2, 0) is 9.53 Å². The zero-order valence-corrected chi connectivity index (χ0v) is 20.1. The number of aromatic nitrogens is 2. The summed E-state index contributed by atoms with van der Waals surface area (Å²) in [6.45, 7) is 6.40. The number of nitrogens with one attached hydrogen (secondary N) is 1. The summed E-state index contributed by atoms with van der Waals surface area (Å²) in [5.41, 5.74) is 5.99. The van der Waals surface area contributed by atoms with Gasteiger partial charge < -0.3 is 35.5 Å². The molecule has 2 aromatic rings. The summed E-state index contributed by atoms with van der Waals surface area (Å²) >= 11 is 6.25. The molecule has 0 fully saturated rings. The molecule has 182 valence electrons. The second kappa shape index (κ2) is 11.4. The summed E-state index contributed by atoms with van der Waals surface area (Å²) < 4.78 is 16.4. The summed E-state index contributed by atoms with van der Waals surface area (Å²) in [6.07, 6.45) is 1.39. The predicted octanol–water partition coefficient (Wildman–Crippen LogP) is 2.97.